The van der Waals surface area contributed by atoms with Gasteiger partial charge < -0.3 is 14.9 Å². The second-order valence-corrected chi connectivity index (χ2v) is 9.62. The van der Waals surface area contributed by atoms with Crippen LogP contribution in [0.2, 0.25) is 0 Å². The monoisotopic (exact) mass is 464 g/mol. The van der Waals surface area contributed by atoms with Crippen LogP contribution in [0, 0.1) is 0 Å². The number of aliphatic hydroxyl groups is 1. The second-order valence-electron chi connectivity index (χ2n) is 9.62. The number of allylic oxidation sites excluding steroid dienone is 2. The third-order valence-electron chi connectivity index (χ3n) is 7.25. The lowest BCUT2D eigenvalue weighted by Gasteiger charge is -2.32. The number of imidazole rings is 1. The molecular weight excluding hydrogens is 424 g/mol. The summed E-state index contributed by atoms with van der Waals surface area (Å²) in [6.45, 7) is 11.1. The highest BCUT2D eigenvalue weighted by Crippen LogP contribution is 2.33. The number of fused-ring (bicyclic) bond motifs is 1. The van der Waals surface area contributed by atoms with E-state index in [9.17, 15) is 5.11 Å². The molecule has 1 saturated heterocycles. The van der Waals surface area contributed by atoms with Gasteiger partial charge in [0.25, 0.3) is 0 Å². The highest BCUT2D eigenvalue weighted by Gasteiger charge is 2.28. The smallest absolute Gasteiger partial charge is 0.118 e. The molecule has 7 nitrogen and oxygen atoms in total. The van der Waals surface area contributed by atoms with Gasteiger partial charge in [-0.2, -0.15) is 0 Å². The van der Waals surface area contributed by atoms with Crippen LogP contribution < -0.4 is 0 Å². The number of aryl methyl sites for hydroxylation is 1. The molecule has 1 N–H and O–H groups in total. The van der Waals surface area contributed by atoms with Gasteiger partial charge in [-0.3, -0.25) is 14.5 Å². The number of aliphatic hydroxyl groups excluding tert-OH is 1. The number of rotatable bonds is 8. The maximum absolute atomic E-state index is 10.5. The van der Waals surface area contributed by atoms with E-state index in [1.807, 2.05) is 19.2 Å². The third kappa shape index (κ3) is 5.27. The molecule has 1 fully saturated rings. The first kappa shape index (κ1) is 24.6. The SMILES string of the molecule is C=C(N1CCCN(C)CC1)n1c(C/C=C\C)nc(CN(C)[C@H]2CCCc3cccnc32)c1CO. The van der Waals surface area contributed by atoms with E-state index >= 15 is 0 Å². The van der Waals surface area contributed by atoms with E-state index in [1.54, 1.807) is 0 Å². The minimum absolute atomic E-state index is 0.0573. The number of nitrogens with zero attached hydrogens (tertiary/aromatic N) is 6. The molecule has 4 rings (SSSR count). The molecule has 2 aromatic heterocycles. The zero-order valence-electron chi connectivity index (χ0n) is 21.1. The summed E-state index contributed by atoms with van der Waals surface area (Å²) >= 11 is 0. The molecule has 2 aromatic rings. The van der Waals surface area contributed by atoms with Gasteiger partial charge in [-0.1, -0.05) is 24.8 Å². The number of pyridine rings is 1. The molecule has 0 bridgehead atoms. The summed E-state index contributed by atoms with van der Waals surface area (Å²) in [5, 5.41) is 10.5. The number of likely N-dealkylation sites (N-methyl/N-ethyl adjacent to an activating group) is 1. The number of hydrogen-bond acceptors (Lipinski definition) is 6. The Labute approximate surface area is 204 Å². The van der Waals surface area contributed by atoms with Gasteiger partial charge in [-0.25, -0.2) is 4.98 Å². The fraction of sp³-hybridized carbons (Fsp3) is 0.556. The van der Waals surface area contributed by atoms with Crippen LogP contribution in [0.15, 0.2) is 37.1 Å². The Bertz CT molecular complexity index is 1010. The van der Waals surface area contributed by atoms with Gasteiger partial charge in [-0.15, -0.1) is 0 Å². The van der Waals surface area contributed by atoms with Crippen molar-refractivity contribution in [1.29, 1.82) is 0 Å². The van der Waals surface area contributed by atoms with Crippen molar-refractivity contribution >= 4 is 5.82 Å². The van der Waals surface area contributed by atoms with Crippen LogP contribution in [-0.4, -0.2) is 74.6 Å². The average Bonchev–Trinajstić information content (AvgIpc) is 3.04. The minimum Gasteiger partial charge on any atom is -0.390 e. The molecule has 7 heteroatoms. The lowest BCUT2D eigenvalue weighted by atomic mass is 9.91. The van der Waals surface area contributed by atoms with Crippen molar-refractivity contribution in [3.8, 4) is 0 Å². The summed E-state index contributed by atoms with van der Waals surface area (Å²) in [7, 11) is 4.33. The Hall–Kier alpha value is -2.48. The summed E-state index contributed by atoms with van der Waals surface area (Å²) in [6, 6.07) is 4.51. The van der Waals surface area contributed by atoms with Crippen LogP contribution in [0.1, 0.15) is 60.7 Å². The standard InChI is InChI=1S/C27H40N6O/c1-5-6-13-26-29-23(19-31(4)24-12-7-10-22-11-8-14-28-27(22)24)25(20-34)33(26)21(2)32-16-9-15-30(3)17-18-32/h5-6,8,11,14,24,34H,2,7,9-10,12-13,15-20H2,1,3-4H3/b6-5-/t24-/m0/s1. The molecule has 0 saturated carbocycles. The predicted octanol–water partition coefficient (Wildman–Crippen LogP) is 3.46. The Morgan fingerprint density at radius 3 is 2.91 bits per heavy atom. The van der Waals surface area contributed by atoms with Gasteiger partial charge in [0.1, 0.15) is 11.6 Å². The van der Waals surface area contributed by atoms with Crippen molar-refractivity contribution in [1.82, 2.24) is 29.2 Å². The molecule has 1 atom stereocenters. The van der Waals surface area contributed by atoms with Gasteiger partial charge in [-0.05, 0) is 64.9 Å². The van der Waals surface area contributed by atoms with Gasteiger partial charge in [0.05, 0.1) is 29.7 Å². The van der Waals surface area contributed by atoms with Crippen molar-refractivity contribution < 1.29 is 5.11 Å². The molecule has 2 aliphatic rings. The molecule has 34 heavy (non-hydrogen) atoms. The van der Waals surface area contributed by atoms with Crippen LogP contribution in [0.25, 0.3) is 5.82 Å². The van der Waals surface area contributed by atoms with Crippen molar-refractivity contribution in [2.75, 3.05) is 40.3 Å². The van der Waals surface area contributed by atoms with Gasteiger partial charge in [0.2, 0.25) is 0 Å². The van der Waals surface area contributed by atoms with Crippen molar-refractivity contribution in [2.24, 2.45) is 0 Å². The normalized spacial score (nSPS) is 19.6. The molecule has 0 spiro atoms. The fourth-order valence-electron chi connectivity index (χ4n) is 5.32. The summed E-state index contributed by atoms with van der Waals surface area (Å²) < 4.78 is 2.11. The quantitative estimate of drug-likeness (QED) is 0.604. The first-order valence-corrected chi connectivity index (χ1v) is 12.6. The molecule has 184 valence electrons. The first-order chi connectivity index (χ1) is 16.5. The Balaban J connectivity index is 1.63. The van der Waals surface area contributed by atoms with Crippen LogP contribution in [0.5, 0.6) is 0 Å². The van der Waals surface area contributed by atoms with E-state index in [-0.39, 0.29) is 12.6 Å². The molecule has 1 aliphatic heterocycles. The largest absolute Gasteiger partial charge is 0.390 e. The van der Waals surface area contributed by atoms with E-state index in [2.05, 4.69) is 58.2 Å². The van der Waals surface area contributed by atoms with E-state index in [0.717, 1.165) is 68.5 Å². The molecule has 0 aromatic carbocycles. The van der Waals surface area contributed by atoms with Crippen molar-refractivity contribution in [3.05, 3.63) is 65.5 Å². The first-order valence-electron chi connectivity index (χ1n) is 12.6. The average molecular weight is 465 g/mol. The maximum Gasteiger partial charge on any atom is 0.118 e. The zero-order chi connectivity index (χ0) is 24.1. The summed E-state index contributed by atoms with van der Waals surface area (Å²) in [6.07, 6.45) is 11.3. The molecular formula is C27H40N6O. The molecule has 1 aliphatic carbocycles. The minimum atomic E-state index is -0.0573. The molecule has 0 radical (unpaired) electrons. The highest BCUT2D eigenvalue weighted by molar-refractivity contribution is 5.45. The van der Waals surface area contributed by atoms with Crippen LogP contribution in [-0.2, 0) is 26.0 Å². The molecule has 3 heterocycles. The maximum atomic E-state index is 10.5. The van der Waals surface area contributed by atoms with Gasteiger partial charge >= 0.3 is 0 Å². The van der Waals surface area contributed by atoms with E-state index in [0.29, 0.717) is 13.0 Å². The van der Waals surface area contributed by atoms with Crippen LogP contribution in [0.4, 0.5) is 0 Å². The second kappa shape index (κ2) is 11.3. The van der Waals surface area contributed by atoms with E-state index in [4.69, 9.17) is 9.97 Å². The third-order valence-corrected chi connectivity index (χ3v) is 7.25. The summed E-state index contributed by atoms with van der Waals surface area (Å²) in [5.74, 6) is 1.86. The number of aromatic nitrogens is 3. The van der Waals surface area contributed by atoms with E-state index < -0.39 is 0 Å². The molecule has 0 amide bonds. The van der Waals surface area contributed by atoms with Crippen LogP contribution in [0.3, 0.4) is 0 Å². The summed E-state index contributed by atoms with van der Waals surface area (Å²) in [5.41, 5.74) is 4.33. The lowest BCUT2D eigenvalue weighted by Crippen LogP contribution is -2.31. The Morgan fingerprint density at radius 1 is 1.26 bits per heavy atom. The molecule has 0 unspecified atom stereocenters. The van der Waals surface area contributed by atoms with Gasteiger partial charge in [0, 0.05) is 38.8 Å². The van der Waals surface area contributed by atoms with Gasteiger partial charge in [0.15, 0.2) is 0 Å². The lowest BCUT2D eigenvalue weighted by molar-refractivity contribution is 0.203. The van der Waals surface area contributed by atoms with Crippen LogP contribution >= 0.6 is 0 Å². The highest BCUT2D eigenvalue weighted by atomic mass is 16.3. The van der Waals surface area contributed by atoms with E-state index in [1.165, 1.54) is 17.7 Å². The zero-order valence-corrected chi connectivity index (χ0v) is 21.1. The fourth-order valence-corrected chi connectivity index (χ4v) is 5.32. The summed E-state index contributed by atoms with van der Waals surface area (Å²) in [4.78, 5) is 16.8. The van der Waals surface area contributed by atoms with Crippen molar-refractivity contribution in [3.63, 3.8) is 0 Å². The Morgan fingerprint density at radius 2 is 2.12 bits per heavy atom. The Kier molecular flexibility index (Phi) is 8.19. The predicted molar refractivity (Wildman–Crippen MR) is 137 cm³/mol. The van der Waals surface area contributed by atoms with Crippen molar-refractivity contribution in [2.45, 2.75) is 58.2 Å². The number of hydrogen-bond donors (Lipinski definition) is 1. The topological polar surface area (TPSA) is 60.7 Å².